The first-order valence-electron chi connectivity index (χ1n) is 6.49. The highest BCUT2D eigenvalue weighted by Gasteiger charge is 2.35. The van der Waals surface area contributed by atoms with Gasteiger partial charge in [-0.15, -0.1) is 0 Å². The Morgan fingerprint density at radius 3 is 2.50 bits per heavy atom. The van der Waals surface area contributed by atoms with Gasteiger partial charge < -0.3 is 10.2 Å². The standard InChI is InChI=1S/C14H15N3O3/c1-15-11-5-6-17(14(11)20)8-3-4-9-10(7-8)13(19)16(2)12(9)18/h3-4,7,11,15H,5-6H2,1-2H3. The maximum absolute atomic E-state index is 12.1. The maximum Gasteiger partial charge on any atom is 0.261 e. The Hall–Kier alpha value is -2.21. The highest BCUT2D eigenvalue weighted by molar-refractivity contribution is 6.21. The number of likely N-dealkylation sites (N-methyl/N-ethyl adjacent to an activating group) is 1. The summed E-state index contributed by atoms with van der Waals surface area (Å²) in [5.41, 5.74) is 1.44. The lowest BCUT2D eigenvalue weighted by Crippen LogP contribution is -2.36. The lowest BCUT2D eigenvalue weighted by molar-refractivity contribution is -0.118. The smallest absolute Gasteiger partial charge is 0.261 e. The molecule has 2 aliphatic rings. The van der Waals surface area contributed by atoms with E-state index in [-0.39, 0.29) is 23.8 Å². The molecule has 6 heteroatoms. The summed E-state index contributed by atoms with van der Waals surface area (Å²) in [4.78, 5) is 38.7. The molecule has 1 fully saturated rings. The number of fused-ring (bicyclic) bond motifs is 1. The molecule has 20 heavy (non-hydrogen) atoms. The number of rotatable bonds is 2. The van der Waals surface area contributed by atoms with Crippen LogP contribution in [-0.4, -0.2) is 49.3 Å². The van der Waals surface area contributed by atoms with Gasteiger partial charge in [-0.05, 0) is 31.7 Å². The van der Waals surface area contributed by atoms with Crippen molar-refractivity contribution in [1.82, 2.24) is 10.2 Å². The SMILES string of the molecule is CNC1CCN(c2ccc3c(c2)C(=O)N(C)C3=O)C1=O. The van der Waals surface area contributed by atoms with E-state index in [0.717, 1.165) is 11.3 Å². The van der Waals surface area contributed by atoms with Gasteiger partial charge in [-0.25, -0.2) is 0 Å². The summed E-state index contributed by atoms with van der Waals surface area (Å²) in [5, 5.41) is 2.97. The van der Waals surface area contributed by atoms with Crippen LogP contribution in [0, 0.1) is 0 Å². The van der Waals surface area contributed by atoms with E-state index in [1.54, 1.807) is 30.1 Å². The molecule has 1 saturated heterocycles. The Balaban J connectivity index is 1.97. The first-order valence-corrected chi connectivity index (χ1v) is 6.49. The molecule has 6 nitrogen and oxygen atoms in total. The molecular formula is C14H15N3O3. The van der Waals surface area contributed by atoms with Crippen molar-refractivity contribution in [1.29, 1.82) is 0 Å². The van der Waals surface area contributed by atoms with Crippen molar-refractivity contribution in [3.05, 3.63) is 29.3 Å². The van der Waals surface area contributed by atoms with Crippen LogP contribution in [0.2, 0.25) is 0 Å². The summed E-state index contributed by atoms with van der Waals surface area (Å²) >= 11 is 0. The Morgan fingerprint density at radius 2 is 1.85 bits per heavy atom. The molecule has 2 aliphatic heterocycles. The number of nitrogens with one attached hydrogen (secondary N) is 1. The Labute approximate surface area is 116 Å². The fourth-order valence-electron chi connectivity index (χ4n) is 2.72. The van der Waals surface area contributed by atoms with E-state index in [2.05, 4.69) is 5.32 Å². The largest absolute Gasteiger partial charge is 0.311 e. The van der Waals surface area contributed by atoms with E-state index in [1.165, 1.54) is 7.05 Å². The summed E-state index contributed by atoms with van der Waals surface area (Å²) in [6.07, 6.45) is 0.735. The van der Waals surface area contributed by atoms with Crippen molar-refractivity contribution >= 4 is 23.4 Å². The molecule has 1 aromatic carbocycles. The van der Waals surface area contributed by atoms with Crippen LogP contribution in [0.3, 0.4) is 0 Å². The molecule has 1 N–H and O–H groups in total. The van der Waals surface area contributed by atoms with Crippen LogP contribution in [0.1, 0.15) is 27.1 Å². The maximum atomic E-state index is 12.1. The summed E-state index contributed by atoms with van der Waals surface area (Å²) in [7, 11) is 3.22. The molecule has 3 amide bonds. The first-order chi connectivity index (χ1) is 9.54. The molecule has 104 valence electrons. The van der Waals surface area contributed by atoms with Gasteiger partial charge >= 0.3 is 0 Å². The number of amides is 3. The normalized spacial score (nSPS) is 21.9. The summed E-state index contributed by atoms with van der Waals surface area (Å²) in [6, 6.07) is 4.80. The van der Waals surface area contributed by atoms with Crippen LogP contribution in [0.5, 0.6) is 0 Å². The lowest BCUT2D eigenvalue weighted by atomic mass is 10.1. The van der Waals surface area contributed by atoms with Crippen molar-refractivity contribution in [3.63, 3.8) is 0 Å². The average Bonchev–Trinajstić information content (AvgIpc) is 2.93. The minimum absolute atomic E-state index is 0.00224. The minimum Gasteiger partial charge on any atom is -0.311 e. The molecule has 3 rings (SSSR count). The quantitative estimate of drug-likeness (QED) is 0.784. The fraction of sp³-hybridized carbons (Fsp3) is 0.357. The number of imide groups is 1. The van der Waals surface area contributed by atoms with Gasteiger partial charge in [0.2, 0.25) is 5.91 Å². The lowest BCUT2D eigenvalue weighted by Gasteiger charge is -2.17. The Morgan fingerprint density at radius 1 is 1.15 bits per heavy atom. The predicted molar refractivity (Wildman–Crippen MR) is 72.7 cm³/mol. The topological polar surface area (TPSA) is 69.7 Å². The van der Waals surface area contributed by atoms with E-state index in [9.17, 15) is 14.4 Å². The minimum atomic E-state index is -0.316. The molecule has 1 aromatic rings. The van der Waals surface area contributed by atoms with Crippen molar-refractivity contribution in [3.8, 4) is 0 Å². The summed E-state index contributed by atoms with van der Waals surface area (Å²) in [5.74, 6) is -0.612. The highest BCUT2D eigenvalue weighted by atomic mass is 16.2. The third kappa shape index (κ3) is 1.65. The number of hydrogen-bond acceptors (Lipinski definition) is 4. The van der Waals surface area contributed by atoms with Gasteiger partial charge in [0.25, 0.3) is 11.8 Å². The zero-order valence-corrected chi connectivity index (χ0v) is 11.3. The second-order valence-electron chi connectivity index (χ2n) is 5.02. The van der Waals surface area contributed by atoms with Crippen LogP contribution in [0.4, 0.5) is 5.69 Å². The van der Waals surface area contributed by atoms with Gasteiger partial charge in [-0.1, -0.05) is 0 Å². The van der Waals surface area contributed by atoms with Gasteiger partial charge in [0.15, 0.2) is 0 Å². The summed E-state index contributed by atoms with van der Waals surface area (Å²) < 4.78 is 0. The van der Waals surface area contributed by atoms with Crippen LogP contribution < -0.4 is 10.2 Å². The number of anilines is 1. The fourth-order valence-corrected chi connectivity index (χ4v) is 2.72. The third-order valence-electron chi connectivity index (χ3n) is 3.94. The van der Waals surface area contributed by atoms with Crippen LogP contribution in [0.15, 0.2) is 18.2 Å². The second kappa shape index (κ2) is 4.42. The van der Waals surface area contributed by atoms with E-state index in [0.29, 0.717) is 23.4 Å². The molecule has 0 aliphatic carbocycles. The molecule has 1 unspecified atom stereocenters. The summed E-state index contributed by atoms with van der Waals surface area (Å²) in [6.45, 7) is 0.612. The zero-order chi connectivity index (χ0) is 14.4. The van der Waals surface area contributed by atoms with E-state index in [1.807, 2.05) is 0 Å². The van der Waals surface area contributed by atoms with Crippen molar-refractivity contribution < 1.29 is 14.4 Å². The average molecular weight is 273 g/mol. The van der Waals surface area contributed by atoms with Crippen molar-refractivity contribution in [2.75, 3.05) is 25.5 Å². The number of hydrogen-bond donors (Lipinski definition) is 1. The van der Waals surface area contributed by atoms with E-state index in [4.69, 9.17) is 0 Å². The van der Waals surface area contributed by atoms with E-state index < -0.39 is 0 Å². The van der Waals surface area contributed by atoms with Crippen LogP contribution in [0.25, 0.3) is 0 Å². The number of nitrogens with zero attached hydrogens (tertiary/aromatic N) is 2. The van der Waals surface area contributed by atoms with Crippen LogP contribution in [-0.2, 0) is 4.79 Å². The third-order valence-corrected chi connectivity index (χ3v) is 3.94. The van der Waals surface area contributed by atoms with Crippen LogP contribution >= 0.6 is 0 Å². The Kier molecular flexibility index (Phi) is 2.83. The molecule has 0 saturated carbocycles. The Bertz CT molecular complexity index is 626. The number of carbonyl (C=O) groups excluding carboxylic acids is 3. The monoisotopic (exact) mass is 273 g/mol. The molecule has 0 aromatic heterocycles. The van der Waals surface area contributed by atoms with Gasteiger partial charge in [0.05, 0.1) is 17.2 Å². The number of carbonyl (C=O) groups is 3. The van der Waals surface area contributed by atoms with Gasteiger partial charge in [0.1, 0.15) is 0 Å². The predicted octanol–water partition coefficient (Wildman–Crippen LogP) is 0.237. The molecular weight excluding hydrogens is 258 g/mol. The van der Waals surface area contributed by atoms with Crippen molar-refractivity contribution in [2.24, 2.45) is 0 Å². The van der Waals surface area contributed by atoms with Crippen molar-refractivity contribution in [2.45, 2.75) is 12.5 Å². The highest BCUT2D eigenvalue weighted by Crippen LogP contribution is 2.28. The van der Waals surface area contributed by atoms with Gasteiger partial charge in [0, 0.05) is 19.3 Å². The molecule has 0 spiro atoms. The zero-order valence-electron chi connectivity index (χ0n) is 11.3. The number of benzene rings is 1. The molecule has 1 atom stereocenters. The molecule has 2 heterocycles. The molecule has 0 bridgehead atoms. The first kappa shape index (κ1) is 12.8. The van der Waals surface area contributed by atoms with E-state index >= 15 is 0 Å². The second-order valence-corrected chi connectivity index (χ2v) is 5.02. The molecule has 0 radical (unpaired) electrons. The van der Waals surface area contributed by atoms with Gasteiger partial charge in [-0.2, -0.15) is 0 Å². The van der Waals surface area contributed by atoms with Gasteiger partial charge in [-0.3, -0.25) is 19.3 Å².